The average Bonchev–Trinajstić information content (AvgIpc) is 3.22. The SMILES string of the molecule is CCCNC(=O)n1nc(-c2ccc(NC(=O)c3ccno3)cc2O)cc1C1CC1. The minimum absolute atomic E-state index is 0.0543. The number of amides is 2. The van der Waals surface area contributed by atoms with E-state index >= 15 is 0 Å². The van der Waals surface area contributed by atoms with E-state index < -0.39 is 5.91 Å². The first-order valence-corrected chi connectivity index (χ1v) is 9.50. The highest BCUT2D eigenvalue weighted by molar-refractivity contribution is 6.02. The van der Waals surface area contributed by atoms with Crippen LogP contribution in [0.1, 0.15) is 48.4 Å². The zero-order chi connectivity index (χ0) is 20.4. The Labute approximate surface area is 166 Å². The van der Waals surface area contributed by atoms with E-state index in [1.807, 2.05) is 13.0 Å². The molecule has 150 valence electrons. The second kappa shape index (κ2) is 7.78. The summed E-state index contributed by atoms with van der Waals surface area (Å²) >= 11 is 0. The lowest BCUT2D eigenvalue weighted by Gasteiger charge is -2.07. The minimum Gasteiger partial charge on any atom is -0.507 e. The van der Waals surface area contributed by atoms with Crippen molar-refractivity contribution >= 4 is 17.6 Å². The Morgan fingerprint density at radius 3 is 2.76 bits per heavy atom. The molecule has 1 saturated carbocycles. The predicted molar refractivity (Wildman–Crippen MR) is 105 cm³/mol. The molecule has 0 spiro atoms. The van der Waals surface area contributed by atoms with Gasteiger partial charge in [0.05, 0.1) is 17.6 Å². The van der Waals surface area contributed by atoms with Crippen molar-refractivity contribution in [2.45, 2.75) is 32.1 Å². The van der Waals surface area contributed by atoms with Crippen molar-refractivity contribution in [1.29, 1.82) is 0 Å². The second-order valence-electron chi connectivity index (χ2n) is 6.94. The number of anilines is 1. The Kier molecular flexibility index (Phi) is 5.03. The van der Waals surface area contributed by atoms with Crippen molar-refractivity contribution < 1.29 is 19.2 Å². The van der Waals surface area contributed by atoms with Gasteiger partial charge in [0.25, 0.3) is 5.91 Å². The molecule has 0 atom stereocenters. The third-order valence-corrected chi connectivity index (χ3v) is 4.64. The second-order valence-corrected chi connectivity index (χ2v) is 6.94. The van der Waals surface area contributed by atoms with Crippen LogP contribution in [0.15, 0.2) is 41.1 Å². The molecule has 1 fully saturated rings. The summed E-state index contributed by atoms with van der Waals surface area (Å²) in [4.78, 5) is 24.5. The molecular weight excluding hydrogens is 374 g/mol. The van der Waals surface area contributed by atoms with Crippen LogP contribution in [0, 0.1) is 0 Å². The smallest absolute Gasteiger partial charge is 0.342 e. The third-order valence-electron chi connectivity index (χ3n) is 4.64. The van der Waals surface area contributed by atoms with Gasteiger partial charge in [0.2, 0.25) is 5.76 Å². The lowest BCUT2D eigenvalue weighted by atomic mass is 10.1. The number of benzene rings is 1. The number of hydrogen-bond donors (Lipinski definition) is 3. The van der Waals surface area contributed by atoms with Gasteiger partial charge in [-0.05, 0) is 37.5 Å². The number of hydrogen-bond acceptors (Lipinski definition) is 6. The van der Waals surface area contributed by atoms with E-state index in [9.17, 15) is 14.7 Å². The summed E-state index contributed by atoms with van der Waals surface area (Å²) in [6.45, 7) is 2.56. The molecule has 0 aliphatic heterocycles. The molecule has 29 heavy (non-hydrogen) atoms. The molecule has 0 bridgehead atoms. The van der Waals surface area contributed by atoms with E-state index in [2.05, 4.69) is 20.9 Å². The van der Waals surface area contributed by atoms with Crippen LogP contribution in [-0.2, 0) is 0 Å². The predicted octanol–water partition coefficient (Wildman–Crippen LogP) is 3.34. The van der Waals surface area contributed by atoms with Crippen molar-refractivity contribution in [3.05, 3.63) is 48.0 Å². The maximum Gasteiger partial charge on any atom is 0.342 e. The number of nitrogens with one attached hydrogen (secondary N) is 2. The van der Waals surface area contributed by atoms with Crippen molar-refractivity contribution in [3.8, 4) is 17.0 Å². The topological polar surface area (TPSA) is 122 Å². The van der Waals surface area contributed by atoms with Crippen molar-refractivity contribution in [3.63, 3.8) is 0 Å². The first-order valence-electron chi connectivity index (χ1n) is 9.50. The number of nitrogens with zero attached hydrogens (tertiary/aromatic N) is 3. The van der Waals surface area contributed by atoms with Crippen LogP contribution in [0.5, 0.6) is 5.75 Å². The third kappa shape index (κ3) is 3.98. The van der Waals surface area contributed by atoms with Crippen molar-refractivity contribution in [2.75, 3.05) is 11.9 Å². The van der Waals surface area contributed by atoms with Crippen LogP contribution in [0.4, 0.5) is 10.5 Å². The first kappa shape index (κ1) is 18.7. The number of rotatable bonds is 6. The Bertz CT molecular complexity index is 1040. The minimum atomic E-state index is -0.470. The van der Waals surface area contributed by atoms with Gasteiger partial charge in [-0.3, -0.25) is 4.79 Å². The fourth-order valence-corrected chi connectivity index (χ4v) is 3.02. The molecule has 9 heteroatoms. The van der Waals surface area contributed by atoms with Gasteiger partial charge in [-0.25, -0.2) is 4.79 Å². The number of carbonyl (C=O) groups excluding carboxylic acids is 2. The standard InChI is InChI=1S/C20H21N5O4/c1-2-8-21-20(28)25-16(12-3-4-12)11-15(24-25)14-6-5-13(10-17(14)26)23-19(27)18-7-9-22-29-18/h5-7,9-12,26H,2-4,8H2,1H3,(H,21,28)(H,23,27). The highest BCUT2D eigenvalue weighted by Crippen LogP contribution is 2.42. The van der Waals surface area contributed by atoms with Gasteiger partial charge in [-0.1, -0.05) is 12.1 Å². The monoisotopic (exact) mass is 395 g/mol. The van der Waals surface area contributed by atoms with Crippen LogP contribution < -0.4 is 10.6 Å². The van der Waals surface area contributed by atoms with Gasteiger partial charge >= 0.3 is 6.03 Å². The fraction of sp³-hybridized carbons (Fsp3) is 0.300. The highest BCUT2D eigenvalue weighted by Gasteiger charge is 2.30. The summed E-state index contributed by atoms with van der Waals surface area (Å²) in [5.74, 6) is -0.144. The van der Waals surface area contributed by atoms with Crippen LogP contribution in [0.3, 0.4) is 0 Å². The summed E-state index contributed by atoms with van der Waals surface area (Å²) < 4.78 is 6.20. The van der Waals surface area contributed by atoms with Gasteiger partial charge in [0.15, 0.2) is 0 Å². The van der Waals surface area contributed by atoms with Gasteiger partial charge in [0.1, 0.15) is 5.75 Å². The molecule has 0 radical (unpaired) electrons. The van der Waals surface area contributed by atoms with E-state index in [-0.39, 0.29) is 17.5 Å². The van der Waals surface area contributed by atoms with Gasteiger partial charge in [-0.15, -0.1) is 0 Å². The van der Waals surface area contributed by atoms with Crippen molar-refractivity contribution in [1.82, 2.24) is 20.3 Å². The Morgan fingerprint density at radius 1 is 1.28 bits per heavy atom. The highest BCUT2D eigenvalue weighted by atomic mass is 16.5. The zero-order valence-corrected chi connectivity index (χ0v) is 15.9. The van der Waals surface area contributed by atoms with Crippen LogP contribution in [-0.4, -0.2) is 38.5 Å². The van der Waals surface area contributed by atoms with Crippen LogP contribution >= 0.6 is 0 Å². The van der Waals surface area contributed by atoms with Gasteiger partial charge < -0.3 is 20.3 Å². The number of aromatic hydroxyl groups is 1. The summed E-state index contributed by atoms with van der Waals surface area (Å²) in [5, 5.41) is 23.9. The van der Waals surface area contributed by atoms with Crippen LogP contribution in [0.2, 0.25) is 0 Å². The number of carbonyl (C=O) groups is 2. The van der Waals surface area contributed by atoms with E-state index in [0.29, 0.717) is 29.4 Å². The Hall–Kier alpha value is -3.62. The fourth-order valence-electron chi connectivity index (χ4n) is 3.02. The number of phenols is 1. The molecule has 3 N–H and O–H groups in total. The number of phenolic OH excluding ortho intramolecular Hbond substituents is 1. The average molecular weight is 395 g/mol. The summed E-state index contributed by atoms with van der Waals surface area (Å²) in [6.07, 6.45) is 4.25. The molecule has 2 amide bonds. The first-order chi connectivity index (χ1) is 14.1. The molecule has 4 rings (SSSR count). The molecule has 0 saturated heterocycles. The largest absolute Gasteiger partial charge is 0.507 e. The van der Waals surface area contributed by atoms with E-state index in [1.165, 1.54) is 23.0 Å². The molecule has 2 heterocycles. The Balaban J connectivity index is 1.58. The maximum atomic E-state index is 12.4. The van der Waals surface area contributed by atoms with Gasteiger partial charge in [-0.2, -0.15) is 9.78 Å². The molecule has 1 aliphatic carbocycles. The zero-order valence-electron chi connectivity index (χ0n) is 15.9. The van der Waals surface area contributed by atoms with E-state index in [4.69, 9.17) is 4.52 Å². The summed E-state index contributed by atoms with van der Waals surface area (Å²) in [7, 11) is 0. The van der Waals surface area contributed by atoms with Crippen molar-refractivity contribution in [2.24, 2.45) is 0 Å². The molecule has 1 aromatic carbocycles. The molecule has 3 aromatic rings. The Morgan fingerprint density at radius 2 is 2.10 bits per heavy atom. The quantitative estimate of drug-likeness (QED) is 0.588. The summed E-state index contributed by atoms with van der Waals surface area (Å²) in [5.41, 5.74) is 2.22. The molecular formula is C20H21N5O4. The summed E-state index contributed by atoms with van der Waals surface area (Å²) in [6, 6.07) is 7.74. The van der Waals surface area contributed by atoms with Gasteiger partial charge in [0, 0.05) is 35.8 Å². The van der Waals surface area contributed by atoms with E-state index in [0.717, 1.165) is 25.0 Å². The van der Waals surface area contributed by atoms with E-state index in [1.54, 1.807) is 12.1 Å². The molecule has 1 aliphatic rings. The lowest BCUT2D eigenvalue weighted by molar-refractivity contribution is 0.0988. The lowest BCUT2D eigenvalue weighted by Crippen LogP contribution is -2.31. The molecule has 9 nitrogen and oxygen atoms in total. The normalized spacial score (nSPS) is 13.3. The van der Waals surface area contributed by atoms with Crippen LogP contribution in [0.25, 0.3) is 11.3 Å². The number of aromatic nitrogens is 3. The molecule has 2 aromatic heterocycles. The maximum absolute atomic E-state index is 12.4. The molecule has 0 unspecified atom stereocenters.